The van der Waals surface area contributed by atoms with Gasteiger partial charge in [0, 0.05) is 16.2 Å². The van der Waals surface area contributed by atoms with Crippen LogP contribution in [0.3, 0.4) is 0 Å². The third kappa shape index (κ3) is 3.20. The molecule has 0 radical (unpaired) electrons. The van der Waals surface area contributed by atoms with Crippen molar-refractivity contribution in [1.82, 2.24) is 9.88 Å². The number of hydrogen-bond donors (Lipinski definition) is 2. The summed E-state index contributed by atoms with van der Waals surface area (Å²) in [6.45, 7) is 3.51. The number of rotatable bonds is 4. The molecule has 0 unspecified atom stereocenters. The average molecular weight is 360 g/mol. The summed E-state index contributed by atoms with van der Waals surface area (Å²) < 4.78 is 32.5. The normalized spacial score (nSPS) is 11.8. The maximum atomic E-state index is 12.3. The van der Waals surface area contributed by atoms with E-state index in [9.17, 15) is 8.42 Å². The van der Waals surface area contributed by atoms with Gasteiger partial charge in [-0.1, -0.05) is 5.16 Å². The van der Waals surface area contributed by atoms with E-state index >= 15 is 0 Å². The number of aryl methyl sites for hydroxylation is 2. The highest BCUT2D eigenvalue weighted by atomic mass is 79.9. The lowest BCUT2D eigenvalue weighted by Gasteiger charge is -2.10. The van der Waals surface area contributed by atoms with Gasteiger partial charge in [-0.05, 0) is 47.5 Å². The maximum Gasteiger partial charge on any atom is 0.241 e. The van der Waals surface area contributed by atoms with Gasteiger partial charge in [0.25, 0.3) is 0 Å². The third-order valence-corrected chi connectivity index (χ3v) is 4.93. The second-order valence-electron chi connectivity index (χ2n) is 4.39. The van der Waals surface area contributed by atoms with E-state index in [4.69, 9.17) is 10.3 Å². The lowest BCUT2D eigenvalue weighted by Crippen LogP contribution is -2.24. The Morgan fingerprint density at radius 3 is 2.65 bits per heavy atom. The van der Waals surface area contributed by atoms with Crippen LogP contribution in [0.2, 0.25) is 0 Å². The Kier molecular flexibility index (Phi) is 4.17. The largest absolute Gasteiger partial charge is 0.398 e. The van der Waals surface area contributed by atoms with Crippen LogP contribution in [0, 0.1) is 13.8 Å². The first-order chi connectivity index (χ1) is 9.29. The SMILES string of the molecule is Cc1cc(CNS(=O)(=O)c2cc(N)c(Br)cc2C)no1. The van der Waals surface area contributed by atoms with Crippen molar-refractivity contribution in [2.75, 3.05) is 5.73 Å². The molecule has 0 aliphatic rings. The molecule has 0 amide bonds. The number of nitrogens with two attached hydrogens (primary N) is 1. The molecule has 0 atom stereocenters. The molecule has 0 spiro atoms. The van der Waals surface area contributed by atoms with Crippen LogP contribution in [-0.4, -0.2) is 13.6 Å². The molecule has 2 aromatic rings. The Hall–Kier alpha value is -1.38. The van der Waals surface area contributed by atoms with Crippen LogP contribution in [0.15, 0.2) is 32.1 Å². The molecule has 6 nitrogen and oxygen atoms in total. The van der Waals surface area contributed by atoms with E-state index < -0.39 is 10.0 Å². The molecule has 0 fully saturated rings. The second kappa shape index (κ2) is 5.55. The Morgan fingerprint density at radius 2 is 2.05 bits per heavy atom. The summed E-state index contributed by atoms with van der Waals surface area (Å²) in [5, 5.41) is 3.73. The maximum absolute atomic E-state index is 12.3. The van der Waals surface area contributed by atoms with E-state index in [0.29, 0.717) is 27.2 Å². The number of aromatic nitrogens is 1. The van der Waals surface area contributed by atoms with Crippen molar-refractivity contribution in [3.63, 3.8) is 0 Å². The first kappa shape index (κ1) is 15.0. The van der Waals surface area contributed by atoms with E-state index in [1.54, 1.807) is 26.0 Å². The Balaban J connectivity index is 2.24. The van der Waals surface area contributed by atoms with Gasteiger partial charge in [0.05, 0.1) is 17.1 Å². The van der Waals surface area contributed by atoms with Crippen molar-refractivity contribution >= 4 is 31.6 Å². The molecule has 0 aliphatic heterocycles. The van der Waals surface area contributed by atoms with Crippen LogP contribution in [0.1, 0.15) is 17.0 Å². The molecule has 0 saturated carbocycles. The monoisotopic (exact) mass is 359 g/mol. The van der Waals surface area contributed by atoms with E-state index in [-0.39, 0.29) is 11.4 Å². The van der Waals surface area contributed by atoms with Gasteiger partial charge in [0.15, 0.2) is 0 Å². The summed E-state index contributed by atoms with van der Waals surface area (Å²) in [7, 11) is -3.65. The summed E-state index contributed by atoms with van der Waals surface area (Å²) in [6, 6.07) is 4.77. The summed E-state index contributed by atoms with van der Waals surface area (Å²) >= 11 is 3.26. The van der Waals surface area contributed by atoms with Crippen LogP contribution in [0.4, 0.5) is 5.69 Å². The minimum atomic E-state index is -3.65. The van der Waals surface area contributed by atoms with Crippen molar-refractivity contribution in [1.29, 1.82) is 0 Å². The number of hydrogen-bond acceptors (Lipinski definition) is 5. The predicted molar refractivity (Wildman–Crippen MR) is 78.6 cm³/mol. The molecule has 0 saturated heterocycles. The Morgan fingerprint density at radius 1 is 1.35 bits per heavy atom. The molecule has 1 heterocycles. The molecule has 1 aromatic heterocycles. The van der Waals surface area contributed by atoms with E-state index in [1.807, 2.05) is 0 Å². The molecule has 0 aliphatic carbocycles. The van der Waals surface area contributed by atoms with Gasteiger partial charge < -0.3 is 10.3 Å². The van der Waals surface area contributed by atoms with Gasteiger partial charge in [-0.2, -0.15) is 0 Å². The van der Waals surface area contributed by atoms with E-state index in [0.717, 1.165) is 0 Å². The molecule has 20 heavy (non-hydrogen) atoms. The fourth-order valence-electron chi connectivity index (χ4n) is 1.71. The number of sulfonamides is 1. The zero-order valence-electron chi connectivity index (χ0n) is 11.0. The number of anilines is 1. The van der Waals surface area contributed by atoms with Crippen LogP contribution in [0.5, 0.6) is 0 Å². The highest BCUT2D eigenvalue weighted by Gasteiger charge is 2.18. The van der Waals surface area contributed by atoms with Crippen LogP contribution >= 0.6 is 15.9 Å². The number of halogens is 1. The molecular weight excluding hydrogens is 346 g/mol. The first-order valence-corrected chi connectivity index (χ1v) is 8.04. The highest BCUT2D eigenvalue weighted by Crippen LogP contribution is 2.26. The highest BCUT2D eigenvalue weighted by molar-refractivity contribution is 9.10. The minimum Gasteiger partial charge on any atom is -0.398 e. The predicted octanol–water partition coefficient (Wildman–Crippen LogP) is 2.11. The summed E-state index contributed by atoms with van der Waals surface area (Å²) in [5.74, 6) is 0.628. The van der Waals surface area contributed by atoms with Crippen LogP contribution in [0.25, 0.3) is 0 Å². The second-order valence-corrected chi connectivity index (χ2v) is 6.98. The van der Waals surface area contributed by atoms with E-state index in [2.05, 4.69) is 25.8 Å². The Bertz CT molecular complexity index is 740. The van der Waals surface area contributed by atoms with Crippen LogP contribution in [-0.2, 0) is 16.6 Å². The smallest absolute Gasteiger partial charge is 0.241 e. The fourth-order valence-corrected chi connectivity index (χ4v) is 3.42. The summed E-state index contributed by atoms with van der Waals surface area (Å²) in [5.41, 5.74) is 7.23. The van der Waals surface area contributed by atoms with Crippen molar-refractivity contribution in [2.45, 2.75) is 25.3 Å². The fraction of sp³-hybridized carbons (Fsp3) is 0.250. The third-order valence-electron chi connectivity index (χ3n) is 2.70. The zero-order chi connectivity index (χ0) is 14.9. The van der Waals surface area contributed by atoms with Crippen molar-refractivity contribution in [3.8, 4) is 0 Å². The lowest BCUT2D eigenvalue weighted by molar-refractivity contribution is 0.390. The first-order valence-electron chi connectivity index (χ1n) is 5.77. The summed E-state index contributed by atoms with van der Waals surface area (Å²) in [6.07, 6.45) is 0. The molecule has 108 valence electrons. The van der Waals surface area contributed by atoms with Crippen molar-refractivity contribution in [2.24, 2.45) is 0 Å². The van der Waals surface area contributed by atoms with Gasteiger partial charge >= 0.3 is 0 Å². The number of nitrogens with zero attached hydrogens (tertiary/aromatic N) is 1. The summed E-state index contributed by atoms with van der Waals surface area (Å²) in [4.78, 5) is 0.151. The molecule has 2 rings (SSSR count). The van der Waals surface area contributed by atoms with Crippen molar-refractivity contribution in [3.05, 3.63) is 39.7 Å². The van der Waals surface area contributed by atoms with E-state index in [1.165, 1.54) is 6.07 Å². The number of benzene rings is 1. The Labute approximate surface area is 125 Å². The van der Waals surface area contributed by atoms with Gasteiger partial charge in [0.1, 0.15) is 5.76 Å². The molecule has 1 aromatic carbocycles. The van der Waals surface area contributed by atoms with Gasteiger partial charge in [0.2, 0.25) is 10.0 Å². The quantitative estimate of drug-likeness (QED) is 0.814. The zero-order valence-corrected chi connectivity index (χ0v) is 13.4. The number of nitrogen functional groups attached to an aromatic ring is 1. The molecular formula is C12H14BrN3O3S. The lowest BCUT2D eigenvalue weighted by atomic mass is 10.2. The average Bonchev–Trinajstić information content (AvgIpc) is 2.77. The van der Waals surface area contributed by atoms with Gasteiger partial charge in [-0.15, -0.1) is 0 Å². The topological polar surface area (TPSA) is 98.2 Å². The van der Waals surface area contributed by atoms with Crippen molar-refractivity contribution < 1.29 is 12.9 Å². The minimum absolute atomic E-state index is 0.0646. The molecule has 3 N–H and O–H groups in total. The van der Waals surface area contributed by atoms with Gasteiger partial charge in [-0.3, -0.25) is 0 Å². The van der Waals surface area contributed by atoms with Crippen LogP contribution < -0.4 is 10.5 Å². The number of nitrogens with one attached hydrogen (secondary N) is 1. The molecule has 0 bridgehead atoms. The standard InChI is InChI=1S/C12H14BrN3O3S/c1-7-3-10(13)11(14)5-12(7)20(17,18)15-6-9-4-8(2)19-16-9/h3-5,15H,6,14H2,1-2H3. The van der Waals surface area contributed by atoms with Gasteiger partial charge in [-0.25, -0.2) is 13.1 Å². The molecule has 8 heteroatoms.